The number of nitrogens with two attached hydrogens (primary N) is 1. The predicted octanol–water partition coefficient (Wildman–Crippen LogP) is 2.23. The van der Waals surface area contributed by atoms with Gasteiger partial charge in [0.05, 0.1) is 0 Å². The molecule has 2 heteroatoms. The minimum absolute atomic E-state index is 0.202. The van der Waals surface area contributed by atoms with Gasteiger partial charge in [-0.25, -0.2) is 4.39 Å². The summed E-state index contributed by atoms with van der Waals surface area (Å²) in [6, 6.07) is 6.42. The predicted molar refractivity (Wildman–Crippen MR) is 48.0 cm³/mol. The minimum atomic E-state index is -0.202. The zero-order valence-corrected chi connectivity index (χ0v) is 7.05. The Morgan fingerprint density at radius 2 is 2.00 bits per heavy atom. The summed E-state index contributed by atoms with van der Waals surface area (Å²) in [6.07, 6.45) is 2.68. The largest absolute Gasteiger partial charge is 0.403 e. The summed E-state index contributed by atoms with van der Waals surface area (Å²) in [5.74, 6) is -0.202. The highest BCUT2D eigenvalue weighted by Crippen LogP contribution is 2.04. The first kappa shape index (κ1) is 8.78. The maximum absolute atomic E-state index is 12.4. The molecular weight excluding hydrogens is 153 g/mol. The average Bonchev–Trinajstić information content (AvgIpc) is 2.03. The third-order valence-corrected chi connectivity index (χ3v) is 1.57. The summed E-state index contributed by atoms with van der Waals surface area (Å²) in [6.45, 7) is 1.84. The molecule has 0 aliphatic rings. The van der Waals surface area contributed by atoms with Crippen LogP contribution in [0.3, 0.4) is 0 Å². The van der Waals surface area contributed by atoms with Gasteiger partial charge in [0.25, 0.3) is 0 Å². The fourth-order valence-electron chi connectivity index (χ4n) is 0.899. The second-order valence-electron chi connectivity index (χ2n) is 2.78. The summed E-state index contributed by atoms with van der Waals surface area (Å²) in [7, 11) is 0. The van der Waals surface area contributed by atoms with Crippen molar-refractivity contribution in [1.29, 1.82) is 0 Å². The van der Waals surface area contributed by atoms with Crippen LogP contribution in [0.15, 0.2) is 36.0 Å². The van der Waals surface area contributed by atoms with Crippen LogP contribution in [-0.2, 0) is 6.42 Å². The maximum Gasteiger partial charge on any atom is 0.123 e. The quantitative estimate of drug-likeness (QED) is 0.714. The summed E-state index contributed by atoms with van der Waals surface area (Å²) >= 11 is 0. The first-order valence-electron chi connectivity index (χ1n) is 3.85. The lowest BCUT2D eigenvalue weighted by molar-refractivity contribution is 0.627. The van der Waals surface area contributed by atoms with Gasteiger partial charge in [-0.15, -0.1) is 0 Å². The van der Waals surface area contributed by atoms with Gasteiger partial charge in [-0.2, -0.15) is 0 Å². The highest BCUT2D eigenvalue weighted by molar-refractivity contribution is 5.19. The average molecular weight is 165 g/mol. The zero-order chi connectivity index (χ0) is 8.97. The fourth-order valence-corrected chi connectivity index (χ4v) is 0.899. The Hall–Kier alpha value is -1.31. The molecular formula is C10H12FN. The Balaban J connectivity index is 2.65. The van der Waals surface area contributed by atoms with Crippen LogP contribution in [-0.4, -0.2) is 0 Å². The van der Waals surface area contributed by atoms with Gasteiger partial charge in [0, 0.05) is 5.70 Å². The van der Waals surface area contributed by atoms with Crippen molar-refractivity contribution in [2.24, 2.45) is 5.73 Å². The van der Waals surface area contributed by atoms with E-state index in [1.807, 2.05) is 13.0 Å². The Morgan fingerprint density at radius 1 is 1.42 bits per heavy atom. The topological polar surface area (TPSA) is 26.0 Å². The second kappa shape index (κ2) is 3.90. The van der Waals surface area contributed by atoms with Crippen LogP contribution >= 0.6 is 0 Å². The first-order chi connectivity index (χ1) is 5.68. The van der Waals surface area contributed by atoms with Crippen molar-refractivity contribution >= 4 is 0 Å². The zero-order valence-electron chi connectivity index (χ0n) is 7.05. The number of hydrogen-bond acceptors (Lipinski definition) is 1. The van der Waals surface area contributed by atoms with E-state index in [1.54, 1.807) is 12.1 Å². The molecule has 0 aliphatic carbocycles. The molecule has 0 aliphatic heterocycles. The monoisotopic (exact) mass is 165 g/mol. The van der Waals surface area contributed by atoms with E-state index >= 15 is 0 Å². The van der Waals surface area contributed by atoms with Crippen LogP contribution in [0, 0.1) is 5.82 Å². The molecule has 0 amide bonds. The van der Waals surface area contributed by atoms with E-state index in [-0.39, 0.29) is 5.82 Å². The molecule has 0 unspecified atom stereocenters. The Bertz CT molecular complexity index is 270. The van der Waals surface area contributed by atoms with Crippen molar-refractivity contribution in [3.8, 4) is 0 Å². The second-order valence-corrected chi connectivity index (χ2v) is 2.78. The standard InChI is InChI=1S/C10H12FN/c1-8(12)2-3-9-4-6-10(11)7-5-9/h2,4-7H,3,12H2,1H3. The van der Waals surface area contributed by atoms with Crippen LogP contribution in [0.2, 0.25) is 0 Å². The maximum atomic E-state index is 12.4. The molecule has 0 heterocycles. The molecule has 1 nitrogen and oxygen atoms in total. The SMILES string of the molecule is CC(N)=CCc1ccc(F)cc1. The molecule has 1 aromatic rings. The van der Waals surface area contributed by atoms with Crippen molar-refractivity contribution in [3.05, 3.63) is 47.4 Å². The minimum Gasteiger partial charge on any atom is -0.403 e. The van der Waals surface area contributed by atoms with Crippen molar-refractivity contribution in [1.82, 2.24) is 0 Å². The van der Waals surface area contributed by atoms with Crippen LogP contribution in [0.5, 0.6) is 0 Å². The van der Waals surface area contributed by atoms with Gasteiger partial charge in [0.1, 0.15) is 5.82 Å². The number of rotatable bonds is 2. The molecule has 0 radical (unpaired) electrons. The molecule has 1 rings (SSSR count). The Kier molecular flexibility index (Phi) is 2.86. The summed E-state index contributed by atoms with van der Waals surface area (Å²) in [5.41, 5.74) is 7.32. The smallest absolute Gasteiger partial charge is 0.123 e. The molecule has 2 N–H and O–H groups in total. The normalized spacial score (nSPS) is 11.7. The third-order valence-electron chi connectivity index (χ3n) is 1.57. The van der Waals surface area contributed by atoms with Crippen LogP contribution in [0.25, 0.3) is 0 Å². The number of hydrogen-bond donors (Lipinski definition) is 1. The van der Waals surface area contributed by atoms with Crippen LogP contribution < -0.4 is 5.73 Å². The molecule has 0 bridgehead atoms. The van der Waals surface area contributed by atoms with Gasteiger partial charge in [-0.3, -0.25) is 0 Å². The molecule has 0 saturated carbocycles. The molecule has 0 saturated heterocycles. The Morgan fingerprint density at radius 3 is 2.50 bits per heavy atom. The molecule has 0 aromatic heterocycles. The van der Waals surface area contributed by atoms with Crippen molar-refractivity contribution in [3.63, 3.8) is 0 Å². The molecule has 12 heavy (non-hydrogen) atoms. The molecule has 0 atom stereocenters. The third kappa shape index (κ3) is 2.74. The number of halogens is 1. The van der Waals surface area contributed by atoms with Crippen LogP contribution in [0.1, 0.15) is 12.5 Å². The summed E-state index contributed by atoms with van der Waals surface area (Å²) in [5, 5.41) is 0. The van der Waals surface area contributed by atoms with Gasteiger partial charge >= 0.3 is 0 Å². The van der Waals surface area contributed by atoms with Gasteiger partial charge in [-0.05, 0) is 31.0 Å². The molecule has 1 aromatic carbocycles. The lowest BCUT2D eigenvalue weighted by Gasteiger charge is -1.96. The number of benzene rings is 1. The van der Waals surface area contributed by atoms with E-state index in [1.165, 1.54) is 12.1 Å². The van der Waals surface area contributed by atoms with Crippen LogP contribution in [0.4, 0.5) is 4.39 Å². The highest BCUT2D eigenvalue weighted by atomic mass is 19.1. The van der Waals surface area contributed by atoms with Crippen molar-refractivity contribution in [2.75, 3.05) is 0 Å². The summed E-state index contributed by atoms with van der Waals surface area (Å²) < 4.78 is 12.4. The van der Waals surface area contributed by atoms with Crippen molar-refractivity contribution < 1.29 is 4.39 Å². The van der Waals surface area contributed by atoms with E-state index in [0.717, 1.165) is 17.7 Å². The lowest BCUT2D eigenvalue weighted by atomic mass is 10.1. The number of allylic oxidation sites excluding steroid dienone is 2. The van der Waals surface area contributed by atoms with E-state index in [2.05, 4.69) is 0 Å². The van der Waals surface area contributed by atoms with Crippen molar-refractivity contribution in [2.45, 2.75) is 13.3 Å². The first-order valence-corrected chi connectivity index (χ1v) is 3.85. The lowest BCUT2D eigenvalue weighted by Crippen LogP contribution is -1.91. The highest BCUT2D eigenvalue weighted by Gasteiger charge is 1.90. The van der Waals surface area contributed by atoms with E-state index < -0.39 is 0 Å². The Labute approximate surface area is 71.7 Å². The van der Waals surface area contributed by atoms with Gasteiger partial charge in [0.15, 0.2) is 0 Å². The van der Waals surface area contributed by atoms with Gasteiger partial charge in [0.2, 0.25) is 0 Å². The van der Waals surface area contributed by atoms with E-state index in [4.69, 9.17) is 5.73 Å². The molecule has 0 fully saturated rings. The molecule has 64 valence electrons. The summed E-state index contributed by atoms with van der Waals surface area (Å²) in [4.78, 5) is 0. The van der Waals surface area contributed by atoms with E-state index in [9.17, 15) is 4.39 Å². The van der Waals surface area contributed by atoms with Gasteiger partial charge < -0.3 is 5.73 Å². The van der Waals surface area contributed by atoms with Gasteiger partial charge in [-0.1, -0.05) is 18.2 Å². The van der Waals surface area contributed by atoms with E-state index in [0.29, 0.717) is 0 Å². The fraction of sp³-hybridized carbons (Fsp3) is 0.200. The molecule has 0 spiro atoms.